The molecule has 1 aromatic carbocycles. The van der Waals surface area contributed by atoms with Crippen molar-refractivity contribution in [2.75, 3.05) is 19.6 Å². The first-order chi connectivity index (χ1) is 9.63. The summed E-state index contributed by atoms with van der Waals surface area (Å²) in [4.78, 5) is 13.6. The summed E-state index contributed by atoms with van der Waals surface area (Å²) in [5, 5.41) is 3.19. The van der Waals surface area contributed by atoms with Gasteiger partial charge in [-0.1, -0.05) is 13.0 Å². The third kappa shape index (κ3) is 3.25. The molecule has 1 fully saturated rings. The Morgan fingerprint density at radius 3 is 2.80 bits per heavy atom. The maximum atomic E-state index is 13.4. The van der Waals surface area contributed by atoms with Gasteiger partial charge in [0.15, 0.2) is 0 Å². The minimum atomic E-state index is -0.704. The molecule has 4 nitrogen and oxygen atoms in total. The van der Waals surface area contributed by atoms with Gasteiger partial charge in [-0.3, -0.25) is 0 Å². The Morgan fingerprint density at radius 2 is 2.15 bits per heavy atom. The number of hydrogen-bond donors (Lipinski definition) is 1. The van der Waals surface area contributed by atoms with Crippen LogP contribution in [-0.2, 0) is 11.3 Å². The van der Waals surface area contributed by atoms with Gasteiger partial charge in [-0.25, -0.2) is 13.6 Å². The second kappa shape index (κ2) is 6.65. The first-order valence-electron chi connectivity index (χ1n) is 6.70. The van der Waals surface area contributed by atoms with Crippen LogP contribution in [0.15, 0.2) is 18.2 Å². The summed E-state index contributed by atoms with van der Waals surface area (Å²) < 4.78 is 31.9. The molecule has 1 heterocycles. The number of carbonyl (C=O) groups excluding carboxylic acids is 1. The number of carbonyl (C=O) groups is 1. The molecule has 1 N–H and O–H groups in total. The van der Waals surface area contributed by atoms with Crippen LogP contribution in [0.3, 0.4) is 0 Å². The number of nitrogens with one attached hydrogen (secondary N) is 1. The first-order valence-corrected chi connectivity index (χ1v) is 6.70. The molecule has 0 saturated carbocycles. The van der Waals surface area contributed by atoms with Crippen molar-refractivity contribution >= 4 is 6.09 Å². The van der Waals surface area contributed by atoms with E-state index in [-0.39, 0.29) is 11.6 Å². The number of rotatable bonds is 3. The van der Waals surface area contributed by atoms with Crippen LogP contribution in [-0.4, -0.2) is 36.7 Å². The van der Waals surface area contributed by atoms with Gasteiger partial charge >= 0.3 is 6.09 Å². The zero-order chi connectivity index (χ0) is 14.5. The number of ether oxygens (including phenoxy) is 1. The van der Waals surface area contributed by atoms with E-state index in [4.69, 9.17) is 4.74 Å². The van der Waals surface area contributed by atoms with E-state index in [2.05, 4.69) is 5.32 Å². The Balaban J connectivity index is 1.98. The largest absolute Gasteiger partial charge is 0.444 e. The normalized spacial score (nSPS) is 18.9. The maximum Gasteiger partial charge on any atom is 0.410 e. The molecule has 1 aliphatic heterocycles. The Labute approximate surface area is 116 Å². The van der Waals surface area contributed by atoms with Crippen molar-refractivity contribution in [2.45, 2.75) is 26.0 Å². The molecule has 1 saturated heterocycles. The number of piperazine rings is 1. The maximum absolute atomic E-state index is 13.4. The Morgan fingerprint density at radius 1 is 1.45 bits per heavy atom. The van der Waals surface area contributed by atoms with Crippen LogP contribution in [0.25, 0.3) is 0 Å². The van der Waals surface area contributed by atoms with Gasteiger partial charge in [-0.15, -0.1) is 0 Å². The van der Waals surface area contributed by atoms with Crippen molar-refractivity contribution in [3.63, 3.8) is 0 Å². The van der Waals surface area contributed by atoms with Crippen LogP contribution in [0, 0.1) is 11.6 Å². The van der Waals surface area contributed by atoms with Gasteiger partial charge in [0.25, 0.3) is 0 Å². The van der Waals surface area contributed by atoms with Gasteiger partial charge in [0.05, 0.1) is 5.56 Å². The van der Waals surface area contributed by atoms with Crippen molar-refractivity contribution in [2.24, 2.45) is 0 Å². The second-order valence-corrected chi connectivity index (χ2v) is 4.71. The smallest absolute Gasteiger partial charge is 0.410 e. The lowest BCUT2D eigenvalue weighted by Gasteiger charge is -2.34. The zero-order valence-corrected chi connectivity index (χ0v) is 11.4. The molecule has 2 rings (SSSR count). The molecular formula is C14H18F2N2O2. The predicted molar refractivity (Wildman–Crippen MR) is 70.2 cm³/mol. The topological polar surface area (TPSA) is 41.6 Å². The van der Waals surface area contributed by atoms with Gasteiger partial charge in [-0.2, -0.15) is 0 Å². The molecule has 110 valence electrons. The standard InChI is InChI=1S/C14H18F2N2O2/c1-2-10-8-17-6-7-18(10)14(19)20-9-11-12(15)4-3-5-13(11)16/h3-5,10,17H,2,6-9H2,1H3. The number of hydrogen-bond acceptors (Lipinski definition) is 3. The highest BCUT2D eigenvalue weighted by Gasteiger charge is 2.26. The van der Waals surface area contributed by atoms with Crippen LogP contribution >= 0.6 is 0 Å². The van der Waals surface area contributed by atoms with E-state index in [1.54, 1.807) is 4.90 Å². The second-order valence-electron chi connectivity index (χ2n) is 4.71. The molecule has 1 aromatic rings. The minimum Gasteiger partial charge on any atom is -0.444 e. The van der Waals surface area contributed by atoms with E-state index in [9.17, 15) is 13.6 Å². The first kappa shape index (κ1) is 14.7. The van der Waals surface area contributed by atoms with Gasteiger partial charge < -0.3 is 15.0 Å². The van der Waals surface area contributed by atoms with Crippen LogP contribution in [0.1, 0.15) is 18.9 Å². The van der Waals surface area contributed by atoms with E-state index in [1.165, 1.54) is 6.07 Å². The Bertz CT molecular complexity index is 462. The number of halogens is 2. The molecule has 0 aromatic heterocycles. The minimum absolute atomic E-state index is 0.0571. The summed E-state index contributed by atoms with van der Waals surface area (Å²) in [5.74, 6) is -1.41. The Kier molecular flexibility index (Phi) is 4.89. The van der Waals surface area contributed by atoms with Gasteiger partial charge in [0, 0.05) is 25.7 Å². The fraction of sp³-hybridized carbons (Fsp3) is 0.500. The molecule has 1 aliphatic rings. The molecule has 0 bridgehead atoms. The lowest BCUT2D eigenvalue weighted by atomic mass is 10.1. The van der Waals surface area contributed by atoms with Crippen molar-refractivity contribution in [1.82, 2.24) is 10.2 Å². The molecular weight excluding hydrogens is 266 g/mol. The lowest BCUT2D eigenvalue weighted by Crippen LogP contribution is -2.53. The SMILES string of the molecule is CCC1CNCCN1C(=O)OCc1c(F)cccc1F. The van der Waals surface area contributed by atoms with E-state index >= 15 is 0 Å². The summed E-state index contributed by atoms with van der Waals surface area (Å²) >= 11 is 0. The Hall–Kier alpha value is -1.69. The molecule has 20 heavy (non-hydrogen) atoms. The summed E-state index contributed by atoms with van der Waals surface area (Å²) in [6.45, 7) is 3.53. The fourth-order valence-corrected chi connectivity index (χ4v) is 2.25. The number of nitrogens with zero attached hydrogens (tertiary/aromatic N) is 1. The van der Waals surface area contributed by atoms with Crippen LogP contribution < -0.4 is 5.32 Å². The quantitative estimate of drug-likeness (QED) is 0.926. The summed E-state index contributed by atoms with van der Waals surface area (Å²) in [5.41, 5.74) is -0.218. The van der Waals surface area contributed by atoms with Gasteiger partial charge in [-0.05, 0) is 18.6 Å². The molecule has 0 spiro atoms. The average Bonchev–Trinajstić information content (AvgIpc) is 2.46. The fourth-order valence-electron chi connectivity index (χ4n) is 2.25. The van der Waals surface area contributed by atoms with Crippen LogP contribution in [0.2, 0.25) is 0 Å². The molecule has 6 heteroatoms. The average molecular weight is 284 g/mol. The predicted octanol–water partition coefficient (Wildman–Crippen LogP) is 2.29. The molecule has 1 atom stereocenters. The zero-order valence-electron chi connectivity index (χ0n) is 11.4. The van der Waals surface area contributed by atoms with Crippen molar-refractivity contribution < 1.29 is 18.3 Å². The summed E-state index contributed by atoms with van der Waals surface area (Å²) in [6.07, 6.45) is 0.275. The molecule has 0 radical (unpaired) electrons. The van der Waals surface area contributed by atoms with Crippen molar-refractivity contribution in [3.8, 4) is 0 Å². The molecule has 1 unspecified atom stereocenters. The summed E-state index contributed by atoms with van der Waals surface area (Å²) in [7, 11) is 0. The number of benzene rings is 1. The van der Waals surface area contributed by atoms with Crippen LogP contribution in [0.4, 0.5) is 13.6 Å². The number of amides is 1. The highest BCUT2D eigenvalue weighted by molar-refractivity contribution is 5.68. The van der Waals surface area contributed by atoms with Crippen molar-refractivity contribution in [3.05, 3.63) is 35.4 Å². The third-order valence-electron chi connectivity index (χ3n) is 3.46. The van der Waals surface area contributed by atoms with E-state index in [0.29, 0.717) is 19.6 Å². The van der Waals surface area contributed by atoms with Gasteiger partial charge in [0.2, 0.25) is 0 Å². The van der Waals surface area contributed by atoms with Crippen LogP contribution in [0.5, 0.6) is 0 Å². The highest BCUT2D eigenvalue weighted by atomic mass is 19.1. The highest BCUT2D eigenvalue weighted by Crippen LogP contribution is 2.15. The van der Waals surface area contributed by atoms with E-state index in [1.807, 2.05) is 6.92 Å². The van der Waals surface area contributed by atoms with Crippen molar-refractivity contribution in [1.29, 1.82) is 0 Å². The monoisotopic (exact) mass is 284 g/mol. The lowest BCUT2D eigenvalue weighted by molar-refractivity contribution is 0.0699. The third-order valence-corrected chi connectivity index (χ3v) is 3.46. The van der Waals surface area contributed by atoms with E-state index in [0.717, 1.165) is 18.6 Å². The van der Waals surface area contributed by atoms with Gasteiger partial charge in [0.1, 0.15) is 18.2 Å². The molecule has 0 aliphatic carbocycles. The molecule has 1 amide bonds. The summed E-state index contributed by atoms with van der Waals surface area (Å²) in [6, 6.07) is 3.62. The van der Waals surface area contributed by atoms with E-state index < -0.39 is 24.3 Å².